The van der Waals surface area contributed by atoms with Crippen LogP contribution in [-0.2, 0) is 0 Å². The van der Waals surface area contributed by atoms with Crippen LogP contribution in [0.1, 0.15) is 0 Å². The summed E-state index contributed by atoms with van der Waals surface area (Å²) in [5.74, 6) is 0. The second-order valence-corrected chi connectivity index (χ2v) is 14.1. The summed E-state index contributed by atoms with van der Waals surface area (Å²) in [7, 11) is 0. The first-order chi connectivity index (χ1) is 27.3. The van der Waals surface area contributed by atoms with E-state index in [-0.39, 0.29) is 0 Å². The molecule has 258 valence electrons. The molecule has 0 bridgehead atoms. The van der Waals surface area contributed by atoms with E-state index in [1.54, 1.807) is 0 Å². The van der Waals surface area contributed by atoms with Gasteiger partial charge in [0, 0.05) is 49.7 Å². The van der Waals surface area contributed by atoms with Gasteiger partial charge < -0.3 is 13.7 Å². The summed E-state index contributed by atoms with van der Waals surface area (Å²) in [6, 6.07) is 70.9. The summed E-state index contributed by atoms with van der Waals surface area (Å²) in [4.78, 5) is 2.33. The number of furan rings is 2. The molecule has 3 heteroatoms. The van der Waals surface area contributed by atoms with E-state index in [0.29, 0.717) is 0 Å². The van der Waals surface area contributed by atoms with Gasteiger partial charge in [0.2, 0.25) is 0 Å². The van der Waals surface area contributed by atoms with E-state index in [2.05, 4.69) is 181 Å². The molecule has 0 aliphatic rings. The van der Waals surface area contributed by atoms with Gasteiger partial charge in [0.15, 0.2) is 0 Å². The fourth-order valence-electron chi connectivity index (χ4n) is 8.27. The van der Waals surface area contributed by atoms with Crippen molar-refractivity contribution in [3.8, 4) is 33.4 Å². The fourth-order valence-corrected chi connectivity index (χ4v) is 8.27. The van der Waals surface area contributed by atoms with Crippen molar-refractivity contribution in [1.29, 1.82) is 0 Å². The van der Waals surface area contributed by atoms with Crippen LogP contribution in [0, 0.1) is 0 Å². The molecule has 0 saturated heterocycles. The van der Waals surface area contributed by atoms with Crippen LogP contribution in [0.4, 0.5) is 17.1 Å². The van der Waals surface area contributed by atoms with E-state index in [0.717, 1.165) is 83.2 Å². The van der Waals surface area contributed by atoms with Gasteiger partial charge in [-0.2, -0.15) is 0 Å². The molecule has 55 heavy (non-hydrogen) atoms. The smallest absolute Gasteiger partial charge is 0.143 e. The quantitative estimate of drug-likeness (QED) is 0.173. The van der Waals surface area contributed by atoms with Gasteiger partial charge in [0.25, 0.3) is 0 Å². The third-order valence-electron chi connectivity index (χ3n) is 10.9. The Kier molecular flexibility index (Phi) is 7.17. The van der Waals surface area contributed by atoms with Crippen molar-refractivity contribution in [1.82, 2.24) is 0 Å². The zero-order valence-electron chi connectivity index (χ0n) is 29.8. The summed E-state index contributed by atoms with van der Waals surface area (Å²) in [5, 5.41) is 6.99. The molecule has 2 aromatic heterocycles. The Labute approximate surface area is 317 Å². The highest BCUT2D eigenvalue weighted by Crippen LogP contribution is 2.42. The first-order valence-corrected chi connectivity index (χ1v) is 18.7. The van der Waals surface area contributed by atoms with Crippen molar-refractivity contribution in [2.24, 2.45) is 0 Å². The number of rotatable bonds is 6. The number of anilines is 3. The molecule has 0 radical (unpaired) electrons. The Morgan fingerprint density at radius 1 is 0.291 bits per heavy atom. The first-order valence-electron chi connectivity index (χ1n) is 18.7. The maximum Gasteiger partial charge on any atom is 0.143 e. The lowest BCUT2D eigenvalue weighted by atomic mass is 9.98. The lowest BCUT2D eigenvalue weighted by molar-refractivity contribution is 0.669. The van der Waals surface area contributed by atoms with Crippen molar-refractivity contribution >= 4 is 71.7 Å². The normalized spacial score (nSPS) is 11.6. The highest BCUT2D eigenvalue weighted by atomic mass is 16.3. The van der Waals surface area contributed by atoms with Crippen LogP contribution < -0.4 is 4.90 Å². The van der Waals surface area contributed by atoms with E-state index in [1.807, 2.05) is 24.3 Å². The lowest BCUT2D eigenvalue weighted by Gasteiger charge is -2.26. The molecule has 2 heterocycles. The number of fused-ring (bicyclic) bond motifs is 7. The third kappa shape index (κ3) is 5.20. The number of benzene rings is 9. The van der Waals surface area contributed by atoms with Crippen molar-refractivity contribution in [2.45, 2.75) is 0 Å². The van der Waals surface area contributed by atoms with Gasteiger partial charge in [-0.05, 0) is 81.6 Å². The molecule has 0 N–H and O–H groups in total. The topological polar surface area (TPSA) is 29.5 Å². The predicted molar refractivity (Wildman–Crippen MR) is 229 cm³/mol. The minimum atomic E-state index is 0.896. The molecule has 0 atom stereocenters. The lowest BCUT2D eigenvalue weighted by Crippen LogP contribution is -2.10. The molecule has 3 nitrogen and oxygen atoms in total. The minimum absolute atomic E-state index is 0.896. The monoisotopic (exact) mass is 703 g/mol. The largest absolute Gasteiger partial charge is 0.455 e. The molecule has 0 spiro atoms. The van der Waals surface area contributed by atoms with Crippen LogP contribution in [0.2, 0.25) is 0 Å². The molecule has 0 unspecified atom stereocenters. The van der Waals surface area contributed by atoms with Crippen molar-refractivity contribution in [2.75, 3.05) is 4.90 Å². The van der Waals surface area contributed by atoms with Crippen molar-refractivity contribution < 1.29 is 8.83 Å². The molecular formula is C52H33NO2. The first kappa shape index (κ1) is 31.2. The van der Waals surface area contributed by atoms with Crippen LogP contribution in [0.3, 0.4) is 0 Å². The second-order valence-electron chi connectivity index (χ2n) is 14.1. The molecule has 9 aromatic carbocycles. The Morgan fingerprint density at radius 3 is 1.38 bits per heavy atom. The fraction of sp³-hybridized carbons (Fsp3) is 0. The van der Waals surface area contributed by atoms with Crippen LogP contribution in [0.15, 0.2) is 209 Å². The molecule has 11 aromatic rings. The summed E-state index contributed by atoms with van der Waals surface area (Å²) in [5.41, 5.74) is 13.5. The number of hydrogen-bond donors (Lipinski definition) is 0. The van der Waals surface area contributed by atoms with E-state index in [1.165, 1.54) is 21.9 Å². The Balaban J connectivity index is 1.04. The predicted octanol–water partition coefficient (Wildman–Crippen LogP) is 15.1. The summed E-state index contributed by atoms with van der Waals surface area (Å²) in [6.07, 6.45) is 0. The minimum Gasteiger partial charge on any atom is -0.455 e. The number of nitrogens with zero attached hydrogens (tertiary/aromatic N) is 1. The summed E-state index contributed by atoms with van der Waals surface area (Å²) >= 11 is 0. The summed E-state index contributed by atoms with van der Waals surface area (Å²) < 4.78 is 12.9. The average Bonchev–Trinajstić information content (AvgIpc) is 3.83. The molecular weight excluding hydrogens is 671 g/mol. The second kappa shape index (κ2) is 12.6. The van der Waals surface area contributed by atoms with Gasteiger partial charge in [-0.15, -0.1) is 0 Å². The Bertz CT molecular complexity index is 3200. The van der Waals surface area contributed by atoms with E-state index in [9.17, 15) is 0 Å². The van der Waals surface area contributed by atoms with Gasteiger partial charge in [-0.1, -0.05) is 152 Å². The number of hydrogen-bond acceptors (Lipinski definition) is 3. The summed E-state index contributed by atoms with van der Waals surface area (Å²) in [6.45, 7) is 0. The highest BCUT2D eigenvalue weighted by molar-refractivity contribution is 6.11. The van der Waals surface area contributed by atoms with Crippen LogP contribution in [0.5, 0.6) is 0 Å². The van der Waals surface area contributed by atoms with E-state index >= 15 is 0 Å². The SMILES string of the molecule is c1cc(-c2cccc3c2oc2ccccc23)cc(N(c2ccc(-c3cccc4ccccc34)cc2)c2ccc(-c3cccc4c3oc3ccccc34)cc2)c1. The molecule has 0 amide bonds. The average molecular weight is 704 g/mol. The van der Waals surface area contributed by atoms with E-state index in [4.69, 9.17) is 8.83 Å². The van der Waals surface area contributed by atoms with E-state index < -0.39 is 0 Å². The zero-order valence-corrected chi connectivity index (χ0v) is 29.8. The third-order valence-corrected chi connectivity index (χ3v) is 10.9. The van der Waals surface area contributed by atoms with Gasteiger partial charge in [0.1, 0.15) is 22.3 Å². The molecule has 0 aliphatic carbocycles. The molecule has 0 aliphatic heterocycles. The molecule has 11 rings (SSSR count). The van der Waals surface area contributed by atoms with Gasteiger partial charge in [-0.25, -0.2) is 0 Å². The maximum absolute atomic E-state index is 6.48. The van der Waals surface area contributed by atoms with Crippen LogP contribution in [0.25, 0.3) is 88.0 Å². The maximum atomic E-state index is 6.48. The molecule has 0 saturated carbocycles. The van der Waals surface area contributed by atoms with Crippen molar-refractivity contribution in [3.05, 3.63) is 200 Å². The Hall–Kier alpha value is -7.36. The van der Waals surface area contributed by atoms with Gasteiger partial charge >= 0.3 is 0 Å². The highest BCUT2D eigenvalue weighted by Gasteiger charge is 2.18. The standard InChI is InChI=1S/C52H33NO2/c1-2-15-41-34(11-1)12-8-18-42(41)35-25-29-38(30-26-35)53(39-31-27-36(28-32-39)43-19-9-21-47-45-16-3-5-23-49(45)54-51(43)47)40-14-7-13-37(33-40)44-20-10-22-48-46-17-4-6-24-50(46)55-52(44)48/h1-33H. The number of para-hydroxylation sites is 4. The van der Waals surface area contributed by atoms with Crippen LogP contribution in [-0.4, -0.2) is 0 Å². The Morgan fingerprint density at radius 2 is 0.745 bits per heavy atom. The molecule has 0 fully saturated rings. The van der Waals surface area contributed by atoms with Gasteiger partial charge in [-0.3, -0.25) is 0 Å². The van der Waals surface area contributed by atoms with Crippen LogP contribution >= 0.6 is 0 Å². The zero-order chi connectivity index (χ0) is 36.3. The van der Waals surface area contributed by atoms with Crippen molar-refractivity contribution in [3.63, 3.8) is 0 Å². The van der Waals surface area contributed by atoms with Gasteiger partial charge in [0.05, 0.1) is 0 Å².